The zero-order valence-electron chi connectivity index (χ0n) is 16.4. The van der Waals surface area contributed by atoms with Crippen LogP contribution in [0.5, 0.6) is 0 Å². The third-order valence-electron chi connectivity index (χ3n) is 4.40. The van der Waals surface area contributed by atoms with Crippen LogP contribution in [-0.4, -0.2) is 29.8 Å². The Morgan fingerprint density at radius 2 is 1.59 bits per heavy atom. The van der Waals surface area contributed by atoms with E-state index in [4.69, 9.17) is 0 Å². The van der Waals surface area contributed by atoms with Gasteiger partial charge in [-0.2, -0.15) is 0 Å². The molecule has 0 bridgehead atoms. The van der Waals surface area contributed by atoms with Gasteiger partial charge in [0.25, 0.3) is 0 Å². The molecule has 0 aromatic heterocycles. The van der Waals surface area contributed by atoms with E-state index in [0.717, 1.165) is 5.56 Å². The maximum atomic E-state index is 13.0. The van der Waals surface area contributed by atoms with Gasteiger partial charge in [0.05, 0.1) is 6.54 Å². The SMILES string of the molecule is CC(=O)N(CCc1ccc(F)cc1)CC(=O)Nc1ccc(C(C)(C)C)cc1. The molecule has 1 N–H and O–H groups in total. The lowest BCUT2D eigenvalue weighted by Crippen LogP contribution is -2.38. The molecule has 0 atom stereocenters. The Morgan fingerprint density at radius 1 is 1.00 bits per heavy atom. The van der Waals surface area contributed by atoms with Gasteiger partial charge >= 0.3 is 0 Å². The van der Waals surface area contributed by atoms with E-state index in [2.05, 4.69) is 26.1 Å². The van der Waals surface area contributed by atoms with Gasteiger partial charge in [-0.3, -0.25) is 9.59 Å². The number of benzene rings is 2. The van der Waals surface area contributed by atoms with Crippen LogP contribution in [0.4, 0.5) is 10.1 Å². The minimum absolute atomic E-state index is 0.0163. The number of hydrogen-bond acceptors (Lipinski definition) is 2. The maximum Gasteiger partial charge on any atom is 0.243 e. The van der Waals surface area contributed by atoms with Gasteiger partial charge in [0.15, 0.2) is 0 Å². The van der Waals surface area contributed by atoms with E-state index in [1.54, 1.807) is 12.1 Å². The number of anilines is 1. The largest absolute Gasteiger partial charge is 0.333 e. The number of nitrogens with zero attached hydrogens (tertiary/aromatic N) is 1. The first kappa shape index (κ1) is 20.6. The Labute approximate surface area is 160 Å². The second kappa shape index (κ2) is 8.80. The molecular formula is C22H27FN2O2. The highest BCUT2D eigenvalue weighted by molar-refractivity contribution is 5.94. The van der Waals surface area contributed by atoms with Crippen molar-refractivity contribution in [3.05, 3.63) is 65.5 Å². The summed E-state index contributed by atoms with van der Waals surface area (Å²) < 4.78 is 13.0. The summed E-state index contributed by atoms with van der Waals surface area (Å²) in [5.41, 5.74) is 2.86. The van der Waals surface area contributed by atoms with E-state index in [-0.39, 0.29) is 29.6 Å². The van der Waals surface area contributed by atoms with Crippen LogP contribution in [-0.2, 0) is 21.4 Å². The second-order valence-corrected chi connectivity index (χ2v) is 7.69. The average Bonchev–Trinajstić information content (AvgIpc) is 2.59. The first-order chi connectivity index (χ1) is 12.6. The van der Waals surface area contributed by atoms with E-state index < -0.39 is 0 Å². The standard InChI is InChI=1S/C22H27FN2O2/c1-16(26)25(14-13-17-5-9-19(23)10-6-17)15-21(27)24-20-11-7-18(8-12-20)22(2,3)4/h5-12H,13-15H2,1-4H3,(H,24,27). The van der Waals surface area contributed by atoms with Gasteiger partial charge < -0.3 is 10.2 Å². The first-order valence-corrected chi connectivity index (χ1v) is 9.05. The monoisotopic (exact) mass is 370 g/mol. The molecule has 0 fully saturated rings. The van der Waals surface area contributed by atoms with E-state index in [0.29, 0.717) is 18.7 Å². The molecule has 0 aliphatic rings. The lowest BCUT2D eigenvalue weighted by molar-refractivity contribution is -0.132. The van der Waals surface area contributed by atoms with Crippen LogP contribution >= 0.6 is 0 Å². The normalized spacial score (nSPS) is 11.1. The highest BCUT2D eigenvalue weighted by Crippen LogP contribution is 2.23. The van der Waals surface area contributed by atoms with Crippen LogP contribution in [0.25, 0.3) is 0 Å². The van der Waals surface area contributed by atoms with Crippen LogP contribution in [0.1, 0.15) is 38.8 Å². The van der Waals surface area contributed by atoms with Gasteiger partial charge in [-0.05, 0) is 47.2 Å². The molecule has 27 heavy (non-hydrogen) atoms. The molecule has 0 saturated carbocycles. The fraction of sp³-hybridized carbons (Fsp3) is 0.364. The fourth-order valence-electron chi connectivity index (χ4n) is 2.69. The number of carbonyl (C=O) groups is 2. The summed E-state index contributed by atoms with van der Waals surface area (Å²) in [5.74, 6) is -0.706. The summed E-state index contributed by atoms with van der Waals surface area (Å²) in [4.78, 5) is 25.6. The number of halogens is 1. The number of hydrogen-bond donors (Lipinski definition) is 1. The third kappa shape index (κ3) is 6.51. The molecule has 4 nitrogen and oxygen atoms in total. The Kier molecular flexibility index (Phi) is 6.72. The van der Waals surface area contributed by atoms with Crippen molar-refractivity contribution >= 4 is 17.5 Å². The number of rotatable bonds is 6. The topological polar surface area (TPSA) is 49.4 Å². The number of amides is 2. The van der Waals surface area contributed by atoms with E-state index >= 15 is 0 Å². The molecule has 2 aromatic carbocycles. The maximum absolute atomic E-state index is 13.0. The highest BCUT2D eigenvalue weighted by Gasteiger charge is 2.15. The Hall–Kier alpha value is -2.69. The molecule has 0 aliphatic carbocycles. The van der Waals surface area contributed by atoms with Crippen LogP contribution in [0.2, 0.25) is 0 Å². The van der Waals surface area contributed by atoms with E-state index in [9.17, 15) is 14.0 Å². The lowest BCUT2D eigenvalue weighted by Gasteiger charge is -2.21. The van der Waals surface area contributed by atoms with E-state index in [1.165, 1.54) is 29.5 Å². The van der Waals surface area contributed by atoms with Crippen molar-refractivity contribution < 1.29 is 14.0 Å². The summed E-state index contributed by atoms with van der Waals surface area (Å²) in [7, 11) is 0. The Balaban J connectivity index is 1.92. The summed E-state index contributed by atoms with van der Waals surface area (Å²) in [5, 5.41) is 2.83. The van der Waals surface area contributed by atoms with Crippen LogP contribution in [0, 0.1) is 5.82 Å². The molecule has 0 unspecified atom stereocenters. The molecule has 0 saturated heterocycles. The van der Waals surface area contributed by atoms with Gasteiger partial charge in [0.2, 0.25) is 11.8 Å². The van der Waals surface area contributed by atoms with Gasteiger partial charge in [0.1, 0.15) is 5.82 Å². The van der Waals surface area contributed by atoms with Crippen molar-refractivity contribution in [1.82, 2.24) is 4.90 Å². The molecule has 0 heterocycles. The molecule has 2 aromatic rings. The quantitative estimate of drug-likeness (QED) is 0.830. The highest BCUT2D eigenvalue weighted by atomic mass is 19.1. The summed E-state index contributed by atoms with van der Waals surface area (Å²) >= 11 is 0. The predicted octanol–water partition coefficient (Wildman–Crippen LogP) is 4.15. The van der Waals surface area contributed by atoms with Gasteiger partial charge in [-0.15, -0.1) is 0 Å². The van der Waals surface area contributed by atoms with E-state index in [1.807, 2.05) is 24.3 Å². The zero-order chi connectivity index (χ0) is 20.0. The summed E-state index contributed by atoms with van der Waals surface area (Å²) in [6, 6.07) is 13.9. The van der Waals surface area contributed by atoms with Crippen molar-refractivity contribution in [2.24, 2.45) is 0 Å². The molecule has 5 heteroatoms. The summed E-state index contributed by atoms with van der Waals surface area (Å²) in [6.45, 7) is 8.22. The van der Waals surface area contributed by atoms with Crippen LogP contribution in [0.3, 0.4) is 0 Å². The molecular weight excluding hydrogens is 343 g/mol. The second-order valence-electron chi connectivity index (χ2n) is 7.69. The zero-order valence-corrected chi connectivity index (χ0v) is 16.4. The van der Waals surface area contributed by atoms with Crippen molar-refractivity contribution in [1.29, 1.82) is 0 Å². The van der Waals surface area contributed by atoms with Gasteiger partial charge in [0, 0.05) is 19.2 Å². The van der Waals surface area contributed by atoms with Crippen molar-refractivity contribution in [2.75, 3.05) is 18.4 Å². The van der Waals surface area contributed by atoms with Crippen molar-refractivity contribution in [3.8, 4) is 0 Å². The van der Waals surface area contributed by atoms with Crippen LogP contribution < -0.4 is 5.32 Å². The Bertz CT molecular complexity index is 777. The van der Waals surface area contributed by atoms with Gasteiger partial charge in [-0.25, -0.2) is 4.39 Å². The van der Waals surface area contributed by atoms with Gasteiger partial charge in [-0.1, -0.05) is 45.0 Å². The number of carbonyl (C=O) groups excluding carboxylic acids is 2. The predicted molar refractivity (Wildman–Crippen MR) is 106 cm³/mol. The van der Waals surface area contributed by atoms with Crippen molar-refractivity contribution in [2.45, 2.75) is 39.5 Å². The minimum Gasteiger partial charge on any atom is -0.333 e. The third-order valence-corrected chi connectivity index (χ3v) is 4.40. The fourth-order valence-corrected chi connectivity index (χ4v) is 2.69. The molecule has 0 spiro atoms. The van der Waals surface area contributed by atoms with Crippen LogP contribution in [0.15, 0.2) is 48.5 Å². The molecule has 144 valence electrons. The smallest absolute Gasteiger partial charge is 0.243 e. The molecule has 2 rings (SSSR count). The number of nitrogens with one attached hydrogen (secondary N) is 1. The lowest BCUT2D eigenvalue weighted by atomic mass is 9.87. The minimum atomic E-state index is -0.293. The summed E-state index contributed by atoms with van der Waals surface area (Å²) in [6.07, 6.45) is 0.563. The molecule has 0 aliphatic heterocycles. The molecule has 2 amide bonds. The average molecular weight is 370 g/mol. The molecule has 0 radical (unpaired) electrons. The Morgan fingerprint density at radius 3 is 2.11 bits per heavy atom. The van der Waals surface area contributed by atoms with Crippen molar-refractivity contribution in [3.63, 3.8) is 0 Å². The first-order valence-electron chi connectivity index (χ1n) is 9.05.